The molecule has 4 unspecified atom stereocenters. The Balaban J connectivity index is 1.08. The normalized spacial score (nSPS) is 27.4. The zero-order valence-corrected chi connectivity index (χ0v) is 19.2. The maximum atomic E-state index is 5.59. The second-order valence-corrected chi connectivity index (χ2v) is 9.92. The predicted molar refractivity (Wildman–Crippen MR) is 128 cm³/mol. The minimum Gasteiger partial charge on any atom is -0.381 e. The molecule has 4 aliphatic rings. The minimum atomic E-state index is 0.383. The first-order valence-corrected chi connectivity index (χ1v) is 12.4. The molecule has 4 aliphatic heterocycles. The largest absolute Gasteiger partial charge is 0.381 e. The van der Waals surface area contributed by atoms with Crippen molar-refractivity contribution < 1.29 is 18.9 Å². The number of ether oxygens (including phenoxy) is 4. The third-order valence-electron chi connectivity index (χ3n) is 6.99. The first-order chi connectivity index (χ1) is 16.3. The molecule has 6 heteroatoms. The van der Waals surface area contributed by atoms with Crippen molar-refractivity contribution >= 4 is 11.4 Å². The van der Waals surface area contributed by atoms with E-state index in [9.17, 15) is 0 Å². The molecule has 0 bridgehead atoms. The average molecular weight is 451 g/mol. The van der Waals surface area contributed by atoms with Crippen molar-refractivity contribution in [2.45, 2.75) is 31.2 Å². The molecule has 4 heterocycles. The second-order valence-electron chi connectivity index (χ2n) is 9.92. The van der Waals surface area contributed by atoms with Crippen molar-refractivity contribution in [3.8, 4) is 0 Å². The lowest BCUT2D eigenvalue weighted by Crippen LogP contribution is -2.33. The molecule has 33 heavy (non-hydrogen) atoms. The summed E-state index contributed by atoms with van der Waals surface area (Å²) in [6.07, 6.45) is 3.26. The minimum absolute atomic E-state index is 0.383. The summed E-state index contributed by atoms with van der Waals surface area (Å²) in [4.78, 5) is 4.89. The Hall–Kier alpha value is -2.12. The molecule has 4 saturated heterocycles. The highest BCUT2D eigenvalue weighted by Crippen LogP contribution is 2.26. The maximum Gasteiger partial charge on any atom is 0.0984 e. The summed E-state index contributed by atoms with van der Waals surface area (Å²) >= 11 is 0. The van der Waals surface area contributed by atoms with Gasteiger partial charge in [0.25, 0.3) is 0 Å². The zero-order valence-electron chi connectivity index (χ0n) is 19.2. The van der Waals surface area contributed by atoms with Gasteiger partial charge in [-0.15, -0.1) is 0 Å². The van der Waals surface area contributed by atoms with E-state index in [0.29, 0.717) is 24.2 Å². The van der Waals surface area contributed by atoms with E-state index in [1.165, 1.54) is 22.5 Å². The molecule has 0 aromatic heterocycles. The SMILES string of the molecule is c1cc(N(CC2CCOC2)CC2CO2)ccc1Cc1ccc(N(CC2CO2)CC2CO2)cc1. The smallest absolute Gasteiger partial charge is 0.0984 e. The summed E-state index contributed by atoms with van der Waals surface area (Å²) in [6.45, 7) is 8.38. The van der Waals surface area contributed by atoms with Crippen LogP contribution in [-0.4, -0.2) is 77.5 Å². The molecule has 0 spiro atoms. The van der Waals surface area contributed by atoms with Gasteiger partial charge in [0.15, 0.2) is 0 Å². The molecule has 4 atom stereocenters. The highest BCUT2D eigenvalue weighted by Gasteiger charge is 2.31. The number of epoxide rings is 3. The van der Waals surface area contributed by atoms with Crippen molar-refractivity contribution in [3.63, 3.8) is 0 Å². The van der Waals surface area contributed by atoms with Crippen molar-refractivity contribution in [1.29, 1.82) is 0 Å². The van der Waals surface area contributed by atoms with Crippen LogP contribution in [0, 0.1) is 5.92 Å². The van der Waals surface area contributed by atoms with Crippen LogP contribution in [0.2, 0.25) is 0 Å². The van der Waals surface area contributed by atoms with Gasteiger partial charge < -0.3 is 28.7 Å². The van der Waals surface area contributed by atoms with Gasteiger partial charge in [-0.2, -0.15) is 0 Å². The van der Waals surface area contributed by atoms with Crippen molar-refractivity contribution in [1.82, 2.24) is 0 Å². The van der Waals surface area contributed by atoms with E-state index in [0.717, 1.165) is 72.1 Å². The van der Waals surface area contributed by atoms with E-state index >= 15 is 0 Å². The molecular formula is C27H34N2O4. The van der Waals surface area contributed by atoms with Gasteiger partial charge in [-0.05, 0) is 48.2 Å². The van der Waals surface area contributed by atoms with Crippen molar-refractivity contribution in [2.75, 3.05) is 69.0 Å². The van der Waals surface area contributed by atoms with E-state index in [-0.39, 0.29) is 0 Å². The molecule has 0 radical (unpaired) electrons. The van der Waals surface area contributed by atoms with Gasteiger partial charge >= 0.3 is 0 Å². The lowest BCUT2D eigenvalue weighted by molar-refractivity contribution is 0.186. The Bertz CT molecular complexity index is 887. The predicted octanol–water partition coefficient (Wildman–Crippen LogP) is 3.12. The maximum absolute atomic E-state index is 5.59. The summed E-state index contributed by atoms with van der Waals surface area (Å²) in [5.74, 6) is 0.625. The van der Waals surface area contributed by atoms with Gasteiger partial charge in [-0.25, -0.2) is 0 Å². The quantitative estimate of drug-likeness (QED) is 0.463. The highest BCUT2D eigenvalue weighted by atomic mass is 16.6. The highest BCUT2D eigenvalue weighted by molar-refractivity contribution is 5.51. The Labute approximate surface area is 196 Å². The molecule has 6 nitrogen and oxygen atoms in total. The third kappa shape index (κ3) is 6.07. The topological polar surface area (TPSA) is 53.3 Å². The van der Waals surface area contributed by atoms with Crippen LogP contribution in [0.4, 0.5) is 11.4 Å². The molecular weight excluding hydrogens is 416 g/mol. The van der Waals surface area contributed by atoms with E-state index in [1.807, 2.05) is 0 Å². The van der Waals surface area contributed by atoms with Crippen LogP contribution in [0.15, 0.2) is 48.5 Å². The van der Waals surface area contributed by atoms with Crippen molar-refractivity contribution in [2.24, 2.45) is 5.92 Å². The number of rotatable bonds is 12. The molecule has 2 aromatic carbocycles. The number of nitrogens with zero attached hydrogens (tertiary/aromatic N) is 2. The van der Waals surface area contributed by atoms with Crippen LogP contribution in [0.25, 0.3) is 0 Å². The second kappa shape index (κ2) is 9.63. The standard InChI is InChI=1S/C27H34N2O4/c1-5-23(28(13-25-17-31-25)12-22-9-10-30-16-22)6-2-20(1)11-21-3-7-24(8-4-21)29(14-26-18-32-26)15-27-19-33-27/h1-8,22,25-27H,9-19H2. The van der Waals surface area contributed by atoms with Gasteiger partial charge in [0, 0.05) is 50.1 Å². The Kier molecular flexibility index (Phi) is 6.25. The first-order valence-electron chi connectivity index (χ1n) is 12.4. The Morgan fingerprint density at radius 2 is 1.06 bits per heavy atom. The fourth-order valence-corrected chi connectivity index (χ4v) is 4.75. The van der Waals surface area contributed by atoms with Crippen LogP contribution in [-0.2, 0) is 25.4 Å². The number of anilines is 2. The van der Waals surface area contributed by atoms with Gasteiger partial charge in [0.05, 0.1) is 44.7 Å². The van der Waals surface area contributed by atoms with E-state index in [4.69, 9.17) is 18.9 Å². The van der Waals surface area contributed by atoms with Crippen LogP contribution >= 0.6 is 0 Å². The molecule has 0 N–H and O–H groups in total. The lowest BCUT2D eigenvalue weighted by atomic mass is 10.0. The molecule has 0 amide bonds. The molecule has 0 saturated carbocycles. The summed E-state index contributed by atoms with van der Waals surface area (Å²) in [7, 11) is 0. The number of hydrogen-bond acceptors (Lipinski definition) is 6. The average Bonchev–Trinajstić information content (AvgIpc) is 3.72. The number of hydrogen-bond donors (Lipinski definition) is 0. The monoisotopic (exact) mass is 450 g/mol. The fraction of sp³-hybridized carbons (Fsp3) is 0.556. The molecule has 0 aliphatic carbocycles. The van der Waals surface area contributed by atoms with Gasteiger partial charge in [0.1, 0.15) is 0 Å². The first kappa shape index (κ1) is 21.4. The van der Waals surface area contributed by atoms with Gasteiger partial charge in [0.2, 0.25) is 0 Å². The third-order valence-corrected chi connectivity index (χ3v) is 6.99. The molecule has 4 fully saturated rings. The molecule has 176 valence electrons. The fourth-order valence-electron chi connectivity index (χ4n) is 4.75. The van der Waals surface area contributed by atoms with Gasteiger partial charge in [-0.1, -0.05) is 24.3 Å². The van der Waals surface area contributed by atoms with Crippen molar-refractivity contribution in [3.05, 3.63) is 59.7 Å². The summed E-state index contributed by atoms with van der Waals surface area (Å²) in [5.41, 5.74) is 5.22. The van der Waals surface area contributed by atoms with Crippen LogP contribution in [0.5, 0.6) is 0 Å². The Morgan fingerprint density at radius 3 is 1.45 bits per heavy atom. The summed E-state index contributed by atoms with van der Waals surface area (Å²) in [6, 6.07) is 18.1. The summed E-state index contributed by atoms with van der Waals surface area (Å²) < 4.78 is 22.0. The molecule has 2 aromatic rings. The summed E-state index contributed by atoms with van der Waals surface area (Å²) in [5, 5.41) is 0. The van der Waals surface area contributed by atoms with E-state index < -0.39 is 0 Å². The zero-order chi connectivity index (χ0) is 22.0. The Morgan fingerprint density at radius 1 is 0.606 bits per heavy atom. The van der Waals surface area contributed by atoms with E-state index in [2.05, 4.69) is 58.3 Å². The van der Waals surface area contributed by atoms with E-state index in [1.54, 1.807) is 0 Å². The van der Waals surface area contributed by atoms with Crippen LogP contribution in [0.1, 0.15) is 17.5 Å². The molecule has 6 rings (SSSR count). The van der Waals surface area contributed by atoms with Crippen LogP contribution < -0.4 is 9.80 Å². The van der Waals surface area contributed by atoms with Gasteiger partial charge in [-0.3, -0.25) is 0 Å². The van der Waals surface area contributed by atoms with Crippen LogP contribution in [0.3, 0.4) is 0 Å². The lowest BCUT2D eigenvalue weighted by Gasteiger charge is -2.27. The number of benzene rings is 2.